The zero-order valence-corrected chi connectivity index (χ0v) is 20.3. The highest BCUT2D eigenvalue weighted by Crippen LogP contribution is 2.36. The number of hydrogen-bond acceptors (Lipinski definition) is 7. The van der Waals surface area contributed by atoms with Crippen molar-refractivity contribution < 1.29 is 14.3 Å². The van der Waals surface area contributed by atoms with Gasteiger partial charge in [0, 0.05) is 6.07 Å². The Bertz CT molecular complexity index is 1400. The van der Waals surface area contributed by atoms with E-state index in [1.807, 2.05) is 66.4 Å². The third-order valence-electron chi connectivity index (χ3n) is 6.06. The van der Waals surface area contributed by atoms with Crippen LogP contribution in [0.25, 0.3) is 5.70 Å². The van der Waals surface area contributed by atoms with Gasteiger partial charge in [-0.15, -0.1) is 0 Å². The van der Waals surface area contributed by atoms with Crippen molar-refractivity contribution in [2.45, 2.75) is 13.0 Å². The summed E-state index contributed by atoms with van der Waals surface area (Å²) in [7, 11) is 3.13. The molecule has 36 heavy (non-hydrogen) atoms. The fourth-order valence-corrected chi connectivity index (χ4v) is 4.22. The standard InChI is InChI=1S/C27H26N6O3/c1-18-9-11-20(12-10-18)23-16-24(19-7-5-4-6-8-19)33-27(29-30-31-33)32(23)17-26(34)28-22-14-13-21(35-2)15-25(22)36-3/h4-16,24H,17H2,1-3H3,(H,28,34)/t24-/m1/s1. The van der Waals surface area contributed by atoms with E-state index >= 15 is 0 Å². The van der Waals surface area contributed by atoms with Crippen LogP contribution in [0.2, 0.25) is 0 Å². The minimum absolute atomic E-state index is 0.00320. The maximum atomic E-state index is 13.3. The maximum Gasteiger partial charge on any atom is 0.251 e. The fourth-order valence-electron chi connectivity index (χ4n) is 4.22. The zero-order chi connectivity index (χ0) is 25.1. The van der Waals surface area contributed by atoms with E-state index < -0.39 is 0 Å². The van der Waals surface area contributed by atoms with Gasteiger partial charge in [-0.1, -0.05) is 65.3 Å². The number of amides is 1. The summed E-state index contributed by atoms with van der Waals surface area (Å²) in [5.74, 6) is 1.38. The number of ether oxygens (including phenoxy) is 2. The lowest BCUT2D eigenvalue weighted by molar-refractivity contribution is -0.114. The molecule has 0 spiro atoms. The van der Waals surface area contributed by atoms with E-state index in [0.29, 0.717) is 23.1 Å². The number of aryl methyl sites for hydroxylation is 1. The first kappa shape index (κ1) is 23.1. The van der Waals surface area contributed by atoms with Crippen LogP contribution in [0, 0.1) is 6.92 Å². The predicted molar refractivity (Wildman–Crippen MR) is 137 cm³/mol. The molecule has 2 heterocycles. The minimum atomic E-state index is -0.246. The SMILES string of the molecule is COc1ccc(NC(=O)CN2C(c3ccc(C)cc3)=C[C@H](c3ccccc3)n3nnnc32)c(OC)c1. The van der Waals surface area contributed by atoms with Gasteiger partial charge < -0.3 is 14.8 Å². The van der Waals surface area contributed by atoms with Gasteiger partial charge in [0.2, 0.25) is 5.91 Å². The lowest BCUT2D eigenvalue weighted by atomic mass is 10.00. The lowest BCUT2D eigenvalue weighted by Gasteiger charge is -2.32. The number of fused-ring (bicyclic) bond motifs is 1. The van der Waals surface area contributed by atoms with E-state index in [2.05, 4.69) is 26.9 Å². The topological polar surface area (TPSA) is 94.4 Å². The van der Waals surface area contributed by atoms with Crippen molar-refractivity contribution in [1.82, 2.24) is 20.2 Å². The van der Waals surface area contributed by atoms with Crippen LogP contribution >= 0.6 is 0 Å². The van der Waals surface area contributed by atoms with E-state index in [-0.39, 0.29) is 18.5 Å². The van der Waals surface area contributed by atoms with E-state index in [1.165, 1.54) is 0 Å². The Labute approximate surface area is 209 Å². The summed E-state index contributed by atoms with van der Waals surface area (Å²) in [5.41, 5.74) is 4.55. The first-order valence-corrected chi connectivity index (χ1v) is 11.5. The molecule has 0 saturated heterocycles. The second-order valence-corrected chi connectivity index (χ2v) is 8.40. The van der Waals surface area contributed by atoms with E-state index in [1.54, 1.807) is 37.1 Å². The molecule has 4 aromatic rings. The normalized spacial score (nSPS) is 14.6. The van der Waals surface area contributed by atoms with Crippen LogP contribution in [0.15, 0.2) is 78.9 Å². The van der Waals surface area contributed by atoms with Crippen molar-refractivity contribution in [2.24, 2.45) is 0 Å². The molecule has 3 aromatic carbocycles. The van der Waals surface area contributed by atoms with Crippen molar-refractivity contribution in [3.8, 4) is 11.5 Å². The van der Waals surface area contributed by atoms with Gasteiger partial charge in [0.05, 0.1) is 25.6 Å². The Hall–Kier alpha value is -4.66. The van der Waals surface area contributed by atoms with Crippen molar-refractivity contribution in [1.29, 1.82) is 0 Å². The molecular formula is C27H26N6O3. The average Bonchev–Trinajstić information content (AvgIpc) is 3.40. The Kier molecular flexibility index (Phi) is 6.36. The highest BCUT2D eigenvalue weighted by Gasteiger charge is 2.32. The Balaban J connectivity index is 1.51. The van der Waals surface area contributed by atoms with Gasteiger partial charge in [0.1, 0.15) is 24.1 Å². The van der Waals surface area contributed by atoms with Crippen LogP contribution in [0.3, 0.4) is 0 Å². The van der Waals surface area contributed by atoms with Gasteiger partial charge in [0.15, 0.2) is 0 Å². The van der Waals surface area contributed by atoms with Gasteiger partial charge in [-0.25, -0.2) is 0 Å². The summed E-state index contributed by atoms with van der Waals surface area (Å²) >= 11 is 0. The molecule has 9 heteroatoms. The van der Waals surface area contributed by atoms with Crippen LogP contribution in [0.1, 0.15) is 22.7 Å². The first-order valence-electron chi connectivity index (χ1n) is 11.5. The molecule has 9 nitrogen and oxygen atoms in total. The number of nitrogens with zero attached hydrogens (tertiary/aromatic N) is 5. The number of rotatable bonds is 7. The molecule has 1 atom stereocenters. The number of carbonyl (C=O) groups excluding carboxylic acids is 1. The van der Waals surface area contributed by atoms with E-state index in [0.717, 1.165) is 22.4 Å². The van der Waals surface area contributed by atoms with Crippen molar-refractivity contribution in [3.63, 3.8) is 0 Å². The van der Waals surface area contributed by atoms with Gasteiger partial charge >= 0.3 is 0 Å². The molecule has 182 valence electrons. The van der Waals surface area contributed by atoms with Crippen LogP contribution in [-0.4, -0.2) is 46.9 Å². The summed E-state index contributed by atoms with van der Waals surface area (Å²) in [6, 6.07) is 23.2. The summed E-state index contributed by atoms with van der Waals surface area (Å²) in [6.45, 7) is 2.04. The molecule has 0 bridgehead atoms. The maximum absolute atomic E-state index is 13.3. The number of carbonyl (C=O) groups is 1. The summed E-state index contributed by atoms with van der Waals surface area (Å²) in [4.78, 5) is 15.1. The smallest absolute Gasteiger partial charge is 0.251 e. The number of nitrogens with one attached hydrogen (secondary N) is 1. The zero-order valence-electron chi connectivity index (χ0n) is 20.3. The van der Waals surface area contributed by atoms with Crippen molar-refractivity contribution >= 4 is 23.2 Å². The second kappa shape index (κ2) is 9.91. The van der Waals surface area contributed by atoms with Gasteiger partial charge in [-0.3, -0.25) is 9.69 Å². The van der Waals surface area contributed by atoms with Crippen LogP contribution in [0.4, 0.5) is 11.6 Å². The number of hydrogen-bond donors (Lipinski definition) is 1. The number of aromatic nitrogens is 4. The third-order valence-corrected chi connectivity index (χ3v) is 6.06. The molecule has 1 aromatic heterocycles. The number of methoxy groups -OCH3 is 2. The predicted octanol–water partition coefficient (Wildman–Crippen LogP) is 4.09. The van der Waals surface area contributed by atoms with Gasteiger partial charge in [0.25, 0.3) is 5.95 Å². The van der Waals surface area contributed by atoms with E-state index in [9.17, 15) is 4.79 Å². The van der Waals surface area contributed by atoms with Gasteiger partial charge in [-0.05, 0) is 46.7 Å². The largest absolute Gasteiger partial charge is 0.497 e. The number of benzene rings is 3. The van der Waals surface area contributed by atoms with Crippen LogP contribution in [-0.2, 0) is 4.79 Å². The molecule has 1 aliphatic rings. The van der Waals surface area contributed by atoms with Crippen molar-refractivity contribution in [3.05, 3.63) is 95.6 Å². The van der Waals surface area contributed by atoms with Crippen LogP contribution < -0.4 is 19.7 Å². The highest BCUT2D eigenvalue weighted by molar-refractivity contribution is 5.98. The highest BCUT2D eigenvalue weighted by atomic mass is 16.5. The lowest BCUT2D eigenvalue weighted by Crippen LogP contribution is -2.37. The fraction of sp³-hybridized carbons (Fsp3) is 0.185. The molecule has 1 aliphatic heterocycles. The molecule has 1 amide bonds. The Morgan fingerprint density at radius 3 is 2.50 bits per heavy atom. The second-order valence-electron chi connectivity index (χ2n) is 8.40. The molecule has 0 saturated carbocycles. The number of allylic oxidation sites excluding steroid dienone is 1. The molecule has 5 rings (SSSR count). The average molecular weight is 483 g/mol. The number of tetrazole rings is 1. The van der Waals surface area contributed by atoms with Crippen LogP contribution in [0.5, 0.6) is 11.5 Å². The monoisotopic (exact) mass is 482 g/mol. The van der Waals surface area contributed by atoms with E-state index in [4.69, 9.17) is 9.47 Å². The molecule has 0 aliphatic carbocycles. The molecule has 0 radical (unpaired) electrons. The summed E-state index contributed by atoms with van der Waals surface area (Å²) in [5, 5.41) is 15.4. The molecular weight excluding hydrogens is 456 g/mol. The Morgan fingerprint density at radius 1 is 1.00 bits per heavy atom. The van der Waals surface area contributed by atoms with Gasteiger partial charge in [-0.2, -0.15) is 4.68 Å². The van der Waals surface area contributed by atoms with Crippen molar-refractivity contribution in [2.75, 3.05) is 31.0 Å². The first-order chi connectivity index (χ1) is 17.6. The summed E-state index contributed by atoms with van der Waals surface area (Å²) in [6.07, 6.45) is 2.09. The minimum Gasteiger partial charge on any atom is -0.497 e. The summed E-state index contributed by atoms with van der Waals surface area (Å²) < 4.78 is 12.4. The molecule has 0 unspecified atom stereocenters. The third kappa shape index (κ3) is 4.50. The molecule has 0 fully saturated rings. The molecule has 1 N–H and O–H groups in total. The Morgan fingerprint density at radius 2 is 1.78 bits per heavy atom. The quantitative estimate of drug-likeness (QED) is 0.424. The number of anilines is 2.